The summed E-state index contributed by atoms with van der Waals surface area (Å²) in [6.07, 6.45) is 3.40. The SMILES string of the molecule is O=C(c1ccc(F)cc1F)N1CCN(c2ccc(-c3ccncc3)nn2)CC1. The predicted octanol–water partition coefficient (Wildman–Crippen LogP) is 2.78. The number of hydrogen-bond acceptors (Lipinski definition) is 5. The average Bonchev–Trinajstić information content (AvgIpc) is 2.74. The minimum Gasteiger partial charge on any atom is -0.352 e. The number of aromatic nitrogens is 3. The zero-order chi connectivity index (χ0) is 19.5. The minimum absolute atomic E-state index is 0.114. The van der Waals surface area contributed by atoms with Crippen molar-refractivity contribution in [1.29, 1.82) is 0 Å². The van der Waals surface area contributed by atoms with Crippen molar-refractivity contribution in [3.8, 4) is 11.3 Å². The van der Waals surface area contributed by atoms with Crippen molar-refractivity contribution in [3.05, 3.63) is 72.1 Å². The highest BCUT2D eigenvalue weighted by Crippen LogP contribution is 2.20. The molecule has 1 aliphatic heterocycles. The van der Waals surface area contributed by atoms with E-state index in [2.05, 4.69) is 15.2 Å². The minimum atomic E-state index is -0.843. The van der Waals surface area contributed by atoms with Gasteiger partial charge < -0.3 is 9.80 Å². The number of halogens is 2. The number of anilines is 1. The van der Waals surface area contributed by atoms with Crippen LogP contribution in [0.25, 0.3) is 11.3 Å². The Balaban J connectivity index is 1.40. The highest BCUT2D eigenvalue weighted by atomic mass is 19.1. The van der Waals surface area contributed by atoms with Gasteiger partial charge in [-0.3, -0.25) is 9.78 Å². The third kappa shape index (κ3) is 3.66. The van der Waals surface area contributed by atoms with Gasteiger partial charge in [0.1, 0.15) is 11.6 Å². The van der Waals surface area contributed by atoms with Gasteiger partial charge >= 0.3 is 0 Å². The Bertz CT molecular complexity index is 974. The van der Waals surface area contributed by atoms with Gasteiger partial charge in [-0.1, -0.05) is 0 Å². The van der Waals surface area contributed by atoms with E-state index in [4.69, 9.17) is 0 Å². The van der Waals surface area contributed by atoms with Crippen molar-refractivity contribution >= 4 is 11.7 Å². The first-order valence-electron chi connectivity index (χ1n) is 8.85. The number of carbonyl (C=O) groups excluding carboxylic acids is 1. The number of rotatable bonds is 3. The molecule has 0 unspecified atom stereocenters. The first kappa shape index (κ1) is 18.0. The molecule has 1 saturated heterocycles. The van der Waals surface area contributed by atoms with Crippen LogP contribution >= 0.6 is 0 Å². The number of carbonyl (C=O) groups is 1. The molecule has 28 heavy (non-hydrogen) atoms. The molecule has 3 aromatic rings. The van der Waals surface area contributed by atoms with Gasteiger partial charge in [0.25, 0.3) is 5.91 Å². The fourth-order valence-corrected chi connectivity index (χ4v) is 3.14. The molecule has 1 aliphatic rings. The molecule has 0 saturated carbocycles. The maximum atomic E-state index is 13.9. The van der Waals surface area contributed by atoms with Gasteiger partial charge in [0.05, 0.1) is 11.3 Å². The molecule has 0 atom stereocenters. The number of amides is 1. The molecule has 8 heteroatoms. The summed E-state index contributed by atoms with van der Waals surface area (Å²) >= 11 is 0. The Morgan fingerprint density at radius 3 is 2.29 bits per heavy atom. The van der Waals surface area contributed by atoms with Crippen molar-refractivity contribution in [3.63, 3.8) is 0 Å². The maximum Gasteiger partial charge on any atom is 0.256 e. The summed E-state index contributed by atoms with van der Waals surface area (Å²) in [5.41, 5.74) is 1.58. The van der Waals surface area contributed by atoms with Crippen LogP contribution in [0.3, 0.4) is 0 Å². The number of nitrogens with zero attached hydrogens (tertiary/aromatic N) is 5. The molecule has 0 aliphatic carbocycles. The molecule has 1 aromatic carbocycles. The monoisotopic (exact) mass is 381 g/mol. The van der Waals surface area contributed by atoms with Gasteiger partial charge in [-0.05, 0) is 36.4 Å². The molecule has 0 bridgehead atoms. The Kier molecular flexibility index (Phi) is 4.92. The third-order valence-corrected chi connectivity index (χ3v) is 4.68. The predicted molar refractivity (Wildman–Crippen MR) is 99.7 cm³/mol. The number of benzene rings is 1. The average molecular weight is 381 g/mol. The zero-order valence-corrected chi connectivity index (χ0v) is 14.9. The van der Waals surface area contributed by atoms with Gasteiger partial charge in [-0.2, -0.15) is 0 Å². The van der Waals surface area contributed by atoms with Gasteiger partial charge in [0.2, 0.25) is 0 Å². The van der Waals surface area contributed by atoms with Crippen molar-refractivity contribution in [2.24, 2.45) is 0 Å². The second-order valence-electron chi connectivity index (χ2n) is 6.42. The smallest absolute Gasteiger partial charge is 0.256 e. The second kappa shape index (κ2) is 7.67. The van der Waals surface area contributed by atoms with Gasteiger partial charge in [0, 0.05) is 50.2 Å². The number of pyridine rings is 1. The summed E-state index contributed by atoms with van der Waals surface area (Å²) in [6.45, 7) is 1.95. The van der Waals surface area contributed by atoms with E-state index in [9.17, 15) is 13.6 Å². The van der Waals surface area contributed by atoms with Gasteiger partial charge in [0.15, 0.2) is 5.82 Å². The lowest BCUT2D eigenvalue weighted by atomic mass is 10.1. The van der Waals surface area contributed by atoms with Crippen LogP contribution in [0.2, 0.25) is 0 Å². The van der Waals surface area contributed by atoms with Crippen LogP contribution in [0, 0.1) is 11.6 Å². The fourth-order valence-electron chi connectivity index (χ4n) is 3.14. The molecular weight excluding hydrogens is 364 g/mol. The molecule has 1 fully saturated rings. The highest BCUT2D eigenvalue weighted by molar-refractivity contribution is 5.94. The van der Waals surface area contributed by atoms with Crippen molar-refractivity contribution in [2.45, 2.75) is 0 Å². The molecule has 4 rings (SSSR count). The molecule has 0 radical (unpaired) electrons. The van der Waals surface area contributed by atoms with Crippen LogP contribution < -0.4 is 4.90 Å². The molecule has 1 amide bonds. The second-order valence-corrected chi connectivity index (χ2v) is 6.42. The summed E-state index contributed by atoms with van der Waals surface area (Å²) in [4.78, 5) is 20.1. The molecule has 3 heterocycles. The molecule has 0 spiro atoms. The Labute approximate surface area is 160 Å². The van der Waals surface area contributed by atoms with E-state index < -0.39 is 17.5 Å². The maximum absolute atomic E-state index is 13.9. The molecule has 2 aromatic heterocycles. The first-order valence-corrected chi connectivity index (χ1v) is 8.85. The van der Waals surface area contributed by atoms with E-state index in [1.54, 1.807) is 17.3 Å². The highest BCUT2D eigenvalue weighted by Gasteiger charge is 2.25. The summed E-state index contributed by atoms with van der Waals surface area (Å²) in [5.74, 6) is -1.26. The normalized spacial score (nSPS) is 14.2. The van der Waals surface area contributed by atoms with E-state index in [1.807, 2.05) is 29.2 Å². The van der Waals surface area contributed by atoms with E-state index in [0.717, 1.165) is 29.2 Å². The van der Waals surface area contributed by atoms with Crippen LogP contribution in [0.1, 0.15) is 10.4 Å². The number of hydrogen-bond donors (Lipinski definition) is 0. The van der Waals surface area contributed by atoms with Crippen molar-refractivity contribution < 1.29 is 13.6 Å². The van der Waals surface area contributed by atoms with Gasteiger partial charge in [-0.25, -0.2) is 8.78 Å². The topological polar surface area (TPSA) is 62.2 Å². The van der Waals surface area contributed by atoms with Crippen LogP contribution in [0.4, 0.5) is 14.6 Å². The summed E-state index contributed by atoms with van der Waals surface area (Å²) in [5, 5.41) is 8.54. The third-order valence-electron chi connectivity index (χ3n) is 4.68. The summed E-state index contributed by atoms with van der Waals surface area (Å²) in [6, 6.07) is 10.5. The molecule has 142 valence electrons. The largest absolute Gasteiger partial charge is 0.352 e. The molecule has 6 nitrogen and oxygen atoms in total. The Morgan fingerprint density at radius 2 is 1.64 bits per heavy atom. The quantitative estimate of drug-likeness (QED) is 0.698. The van der Waals surface area contributed by atoms with Crippen molar-refractivity contribution in [1.82, 2.24) is 20.1 Å². The lowest BCUT2D eigenvalue weighted by Crippen LogP contribution is -2.49. The van der Waals surface area contributed by atoms with Gasteiger partial charge in [-0.15, -0.1) is 10.2 Å². The van der Waals surface area contributed by atoms with E-state index in [-0.39, 0.29) is 5.56 Å². The van der Waals surface area contributed by atoms with Crippen LogP contribution in [-0.4, -0.2) is 52.2 Å². The lowest BCUT2D eigenvalue weighted by Gasteiger charge is -2.35. The Morgan fingerprint density at radius 1 is 0.893 bits per heavy atom. The standard InChI is InChI=1S/C20H17F2N5O/c21-15-1-2-16(17(22)13-15)20(28)27-11-9-26(10-12-27)19-4-3-18(24-25-19)14-5-7-23-8-6-14/h1-8,13H,9-12H2. The van der Waals surface area contributed by atoms with E-state index in [0.29, 0.717) is 26.2 Å². The first-order chi connectivity index (χ1) is 13.6. The van der Waals surface area contributed by atoms with E-state index in [1.165, 1.54) is 6.07 Å². The summed E-state index contributed by atoms with van der Waals surface area (Å²) in [7, 11) is 0. The van der Waals surface area contributed by atoms with Crippen molar-refractivity contribution in [2.75, 3.05) is 31.1 Å². The lowest BCUT2D eigenvalue weighted by molar-refractivity contribution is 0.0741. The summed E-state index contributed by atoms with van der Waals surface area (Å²) < 4.78 is 26.9. The molecular formula is C20H17F2N5O. The van der Waals surface area contributed by atoms with Crippen LogP contribution in [0.15, 0.2) is 54.9 Å². The fraction of sp³-hybridized carbons (Fsp3) is 0.200. The Hall–Kier alpha value is -3.42. The molecule has 0 N–H and O–H groups in total. The van der Waals surface area contributed by atoms with Crippen LogP contribution in [-0.2, 0) is 0 Å². The van der Waals surface area contributed by atoms with E-state index >= 15 is 0 Å². The zero-order valence-electron chi connectivity index (χ0n) is 14.9. The number of piperazine rings is 1. The van der Waals surface area contributed by atoms with Crippen LogP contribution in [0.5, 0.6) is 0 Å².